The zero-order valence-corrected chi connectivity index (χ0v) is 30.6. The lowest BCUT2D eigenvalue weighted by Gasteiger charge is -2.18. The molecule has 0 bridgehead atoms. The Morgan fingerprint density at radius 1 is 0.556 bits per heavy atom. The van der Waals surface area contributed by atoms with Gasteiger partial charge in [0.25, 0.3) is 0 Å². The maximum absolute atomic E-state index is 4.49. The van der Waals surface area contributed by atoms with Crippen LogP contribution in [0.15, 0.2) is 181 Å². The molecule has 254 valence electrons. The number of fused-ring (bicyclic) bond motifs is 7. The SMILES string of the molecule is C=N/C=C(\C=C/C)c1c2ccccc2c(-c2cccc3c2sc2cc(-c4c5ccccc5c(-c5cccnc5)c5ccccc45)ccc23)c2ccccc12. The van der Waals surface area contributed by atoms with E-state index in [0.29, 0.717) is 0 Å². The summed E-state index contributed by atoms with van der Waals surface area (Å²) in [4.78, 5) is 8.70. The molecule has 3 heteroatoms. The van der Waals surface area contributed by atoms with E-state index in [-0.39, 0.29) is 0 Å². The molecule has 0 spiro atoms. The van der Waals surface area contributed by atoms with E-state index in [2.05, 4.69) is 168 Å². The van der Waals surface area contributed by atoms with Crippen molar-refractivity contribution in [3.8, 4) is 33.4 Å². The Labute approximate surface area is 317 Å². The van der Waals surface area contributed by atoms with Crippen molar-refractivity contribution in [3.63, 3.8) is 0 Å². The third kappa shape index (κ3) is 4.93. The van der Waals surface area contributed by atoms with Gasteiger partial charge in [-0.3, -0.25) is 9.98 Å². The van der Waals surface area contributed by atoms with Crippen molar-refractivity contribution in [2.75, 3.05) is 0 Å². The monoisotopic (exact) mass is 706 g/mol. The molecule has 0 aliphatic rings. The highest BCUT2D eigenvalue weighted by molar-refractivity contribution is 7.26. The molecule has 2 heterocycles. The lowest BCUT2D eigenvalue weighted by atomic mass is 9.85. The molecule has 0 aliphatic heterocycles. The molecule has 54 heavy (non-hydrogen) atoms. The van der Waals surface area contributed by atoms with Gasteiger partial charge >= 0.3 is 0 Å². The number of nitrogens with zero attached hydrogens (tertiary/aromatic N) is 2. The lowest BCUT2D eigenvalue weighted by Crippen LogP contribution is -1.93. The molecule has 0 radical (unpaired) electrons. The minimum atomic E-state index is 1.05. The van der Waals surface area contributed by atoms with Gasteiger partial charge in [-0.25, -0.2) is 0 Å². The second kappa shape index (κ2) is 13.1. The van der Waals surface area contributed by atoms with Crippen LogP contribution < -0.4 is 0 Å². The summed E-state index contributed by atoms with van der Waals surface area (Å²) in [6, 6.07) is 53.3. The van der Waals surface area contributed by atoms with Gasteiger partial charge in [0, 0.05) is 55.5 Å². The zero-order chi connectivity index (χ0) is 36.2. The normalized spacial score (nSPS) is 12.3. The summed E-state index contributed by atoms with van der Waals surface area (Å²) in [5, 5.41) is 12.4. The molecule has 0 unspecified atom stereocenters. The molecular formula is C51H34N2S. The quantitative estimate of drug-likeness (QED) is 0.0960. The summed E-state index contributed by atoms with van der Waals surface area (Å²) in [6.07, 6.45) is 9.89. The van der Waals surface area contributed by atoms with Gasteiger partial charge in [0.15, 0.2) is 0 Å². The summed E-state index contributed by atoms with van der Waals surface area (Å²) in [5.41, 5.74) is 9.58. The van der Waals surface area contributed by atoms with Gasteiger partial charge in [-0.05, 0) is 96.7 Å². The van der Waals surface area contributed by atoms with Gasteiger partial charge in [-0.2, -0.15) is 0 Å². The number of hydrogen-bond acceptors (Lipinski definition) is 3. The fourth-order valence-electron chi connectivity index (χ4n) is 8.61. The van der Waals surface area contributed by atoms with E-state index in [4.69, 9.17) is 0 Å². The van der Waals surface area contributed by atoms with Gasteiger partial charge < -0.3 is 0 Å². The van der Waals surface area contributed by atoms with Crippen molar-refractivity contribution in [2.24, 2.45) is 4.99 Å². The highest BCUT2D eigenvalue weighted by Gasteiger charge is 2.21. The highest BCUT2D eigenvalue weighted by Crippen LogP contribution is 2.49. The number of thiophene rings is 1. The summed E-state index contributed by atoms with van der Waals surface area (Å²) in [5.74, 6) is 0. The molecule has 0 saturated carbocycles. The highest BCUT2D eigenvalue weighted by atomic mass is 32.1. The third-order valence-electron chi connectivity index (χ3n) is 10.7. The minimum Gasteiger partial charge on any atom is -0.272 e. The number of benzene rings is 8. The van der Waals surface area contributed by atoms with Crippen LogP contribution in [0, 0.1) is 0 Å². The number of allylic oxidation sites excluding steroid dienone is 3. The fourth-order valence-corrected chi connectivity index (χ4v) is 9.87. The molecule has 0 N–H and O–H groups in total. The van der Waals surface area contributed by atoms with Crippen LogP contribution in [0.5, 0.6) is 0 Å². The van der Waals surface area contributed by atoms with E-state index in [1.54, 1.807) is 0 Å². The second-order valence-corrected chi connectivity index (χ2v) is 14.7. The molecule has 0 aliphatic carbocycles. The van der Waals surface area contributed by atoms with E-state index in [1.807, 2.05) is 42.9 Å². The first kappa shape index (κ1) is 32.0. The van der Waals surface area contributed by atoms with Crippen molar-refractivity contribution >= 4 is 86.9 Å². The molecule has 0 atom stereocenters. The first-order valence-electron chi connectivity index (χ1n) is 18.3. The predicted molar refractivity (Wildman–Crippen MR) is 236 cm³/mol. The van der Waals surface area contributed by atoms with E-state index in [0.717, 1.165) is 11.1 Å². The molecule has 10 aromatic rings. The topological polar surface area (TPSA) is 25.2 Å². The number of aliphatic imine (C=N–C) groups is 1. The molecule has 2 aromatic heterocycles. The van der Waals surface area contributed by atoms with E-state index in [9.17, 15) is 0 Å². The maximum atomic E-state index is 4.49. The molecule has 0 amide bonds. The maximum Gasteiger partial charge on any atom is 0.0434 e. The molecular weight excluding hydrogens is 673 g/mol. The van der Waals surface area contributed by atoms with Gasteiger partial charge in [-0.15, -0.1) is 11.3 Å². The lowest BCUT2D eigenvalue weighted by molar-refractivity contribution is 1.33. The van der Waals surface area contributed by atoms with Crippen molar-refractivity contribution in [3.05, 3.63) is 182 Å². The second-order valence-electron chi connectivity index (χ2n) is 13.7. The Balaban J connectivity index is 1.24. The van der Waals surface area contributed by atoms with Crippen LogP contribution in [0.25, 0.3) is 102 Å². The van der Waals surface area contributed by atoms with E-state index in [1.165, 1.54) is 96.6 Å². The summed E-state index contributed by atoms with van der Waals surface area (Å²) < 4.78 is 2.58. The fraction of sp³-hybridized carbons (Fsp3) is 0.0196. The summed E-state index contributed by atoms with van der Waals surface area (Å²) in [7, 11) is 0. The van der Waals surface area contributed by atoms with Crippen molar-refractivity contribution in [1.29, 1.82) is 0 Å². The Bertz CT molecular complexity index is 3070. The van der Waals surface area contributed by atoms with Crippen LogP contribution in [-0.4, -0.2) is 11.7 Å². The molecule has 0 saturated heterocycles. The molecule has 8 aromatic carbocycles. The summed E-state index contributed by atoms with van der Waals surface area (Å²) in [6.45, 7) is 5.85. The molecule has 10 rings (SSSR count). The number of hydrogen-bond donors (Lipinski definition) is 0. The van der Waals surface area contributed by atoms with Gasteiger partial charge in [0.05, 0.1) is 0 Å². The standard InChI is InChI=1S/C51H34N2S/c1-3-14-33(30-52-2)48-40-20-8-10-22-42(40)50(43-23-11-9-21-41(43)48)45-25-12-24-44-35-27-26-32(29-46(35)54-51(44)45)47-36-16-4-6-18-38(36)49(34-15-13-28-53-31-34)39-19-7-5-17-37(39)47/h3-31H,2H2,1H3/b14-3-,33-30+. The Morgan fingerprint density at radius 2 is 1.11 bits per heavy atom. The first-order valence-corrected chi connectivity index (χ1v) is 19.1. The number of aromatic nitrogens is 1. The van der Waals surface area contributed by atoms with Crippen LogP contribution in [-0.2, 0) is 0 Å². The van der Waals surface area contributed by atoms with E-state index < -0.39 is 0 Å². The smallest absolute Gasteiger partial charge is 0.0434 e. The van der Waals surface area contributed by atoms with Gasteiger partial charge in [-0.1, -0.05) is 146 Å². The molecule has 2 nitrogen and oxygen atoms in total. The van der Waals surface area contributed by atoms with Crippen LogP contribution in [0.1, 0.15) is 12.5 Å². The Morgan fingerprint density at radius 3 is 1.67 bits per heavy atom. The third-order valence-corrected chi connectivity index (χ3v) is 11.9. The first-order chi connectivity index (χ1) is 26.7. The van der Waals surface area contributed by atoms with Gasteiger partial charge in [0.1, 0.15) is 0 Å². The van der Waals surface area contributed by atoms with Crippen LogP contribution >= 0.6 is 11.3 Å². The average Bonchev–Trinajstić information content (AvgIpc) is 3.60. The summed E-state index contributed by atoms with van der Waals surface area (Å²) >= 11 is 1.89. The average molecular weight is 707 g/mol. The largest absolute Gasteiger partial charge is 0.272 e. The zero-order valence-electron chi connectivity index (χ0n) is 29.8. The van der Waals surface area contributed by atoms with Gasteiger partial charge in [0.2, 0.25) is 0 Å². The van der Waals surface area contributed by atoms with Crippen molar-refractivity contribution in [2.45, 2.75) is 6.92 Å². The Kier molecular flexibility index (Phi) is 7.75. The Hall–Kier alpha value is -6.68. The van der Waals surface area contributed by atoms with Crippen molar-refractivity contribution < 1.29 is 0 Å². The number of rotatable bonds is 6. The van der Waals surface area contributed by atoms with Crippen LogP contribution in [0.3, 0.4) is 0 Å². The minimum absolute atomic E-state index is 1.05. The van der Waals surface area contributed by atoms with Crippen molar-refractivity contribution in [1.82, 2.24) is 4.98 Å². The molecule has 0 fully saturated rings. The van der Waals surface area contributed by atoms with E-state index >= 15 is 0 Å². The van der Waals surface area contributed by atoms with Crippen LogP contribution in [0.2, 0.25) is 0 Å². The predicted octanol–water partition coefficient (Wildman–Crippen LogP) is 14.7. The van der Waals surface area contributed by atoms with Crippen LogP contribution in [0.4, 0.5) is 0 Å². The number of pyridine rings is 1.